The average molecular weight is 617 g/mol. The summed E-state index contributed by atoms with van der Waals surface area (Å²) >= 11 is 30.1. The minimum atomic E-state index is -0.740. The van der Waals surface area contributed by atoms with Crippen molar-refractivity contribution in [2.75, 3.05) is 46.0 Å². The van der Waals surface area contributed by atoms with Crippen molar-refractivity contribution in [1.82, 2.24) is 0 Å². The van der Waals surface area contributed by atoms with Gasteiger partial charge in [0.1, 0.15) is 0 Å². The molecule has 0 fully saturated rings. The molecule has 200 valence electrons. The highest BCUT2D eigenvalue weighted by Crippen LogP contribution is 1.98. The Morgan fingerprint density at radius 1 is 0.250 bits per heavy atom. The highest BCUT2D eigenvalue weighted by molar-refractivity contribution is 7.81. The Hall–Kier alpha value is 2.48. The Labute approximate surface area is 235 Å². The van der Waals surface area contributed by atoms with Crippen LogP contribution in [-0.4, -0.2) is 136 Å². The van der Waals surface area contributed by atoms with Gasteiger partial charge in [-0.3, -0.25) is 0 Å². The van der Waals surface area contributed by atoms with Crippen LogP contribution in [0.2, 0.25) is 0 Å². The summed E-state index contributed by atoms with van der Waals surface area (Å²) in [6.45, 7) is 0. The molecule has 0 aromatic carbocycles. The maximum Gasteiger partial charge on any atom is 0.0894 e. The Balaban J connectivity index is -0.000000163. The van der Waals surface area contributed by atoms with E-state index in [2.05, 4.69) is 101 Å². The summed E-state index contributed by atoms with van der Waals surface area (Å²) in [5.41, 5.74) is 0. The topological polar surface area (TPSA) is 162 Å². The molecule has 32 heavy (non-hydrogen) atoms. The van der Waals surface area contributed by atoms with Crippen molar-refractivity contribution in [2.45, 2.75) is 48.8 Å². The molecule has 0 aliphatic heterocycles. The number of aliphatic hydroxyl groups is 8. The van der Waals surface area contributed by atoms with Gasteiger partial charge in [-0.1, -0.05) is 0 Å². The molecule has 0 radical (unpaired) electrons. The van der Waals surface area contributed by atoms with E-state index in [0.717, 1.165) is 0 Å². The number of thiol groups is 8. The zero-order valence-corrected chi connectivity index (χ0v) is 24.6. The minimum Gasteiger partial charge on any atom is -0.390 e. The van der Waals surface area contributed by atoms with Gasteiger partial charge in [-0.15, -0.1) is 0 Å². The average Bonchev–Trinajstić information content (AvgIpc) is 2.85. The third-order valence-corrected chi connectivity index (χ3v) is 6.27. The maximum absolute atomic E-state index is 8.75. The first-order valence-corrected chi connectivity index (χ1v) is 14.3. The Bertz CT molecular complexity index is 272. The first-order valence-electron chi connectivity index (χ1n) is 9.19. The van der Waals surface area contributed by atoms with Crippen molar-refractivity contribution in [3.05, 3.63) is 0 Å². The molecule has 0 aliphatic carbocycles. The van der Waals surface area contributed by atoms with Crippen LogP contribution in [0.25, 0.3) is 0 Å². The van der Waals surface area contributed by atoms with Crippen molar-refractivity contribution in [3.8, 4) is 0 Å². The van der Waals surface area contributed by atoms with Crippen LogP contribution in [0.15, 0.2) is 0 Å². The second-order valence-electron chi connectivity index (χ2n) is 6.00. The van der Waals surface area contributed by atoms with E-state index < -0.39 is 48.8 Å². The van der Waals surface area contributed by atoms with Gasteiger partial charge in [0.25, 0.3) is 0 Å². The molecule has 0 saturated carbocycles. The SMILES string of the molecule is OC(CS)C(O)CS.OC(CS)C(O)CS.OC(CS)C(O)CS.OC(CS)C(O)CS. The Kier molecular flexibility index (Phi) is 38.6. The zero-order chi connectivity index (χ0) is 26.3. The molecule has 8 nitrogen and oxygen atoms in total. The van der Waals surface area contributed by atoms with Crippen LogP contribution in [-0.2, 0) is 0 Å². The van der Waals surface area contributed by atoms with Gasteiger partial charge >= 0.3 is 0 Å². The van der Waals surface area contributed by atoms with E-state index in [1.165, 1.54) is 0 Å². The van der Waals surface area contributed by atoms with Crippen LogP contribution in [0.1, 0.15) is 0 Å². The fraction of sp³-hybridized carbons (Fsp3) is 1.00. The van der Waals surface area contributed by atoms with Gasteiger partial charge in [0.2, 0.25) is 0 Å². The monoisotopic (exact) mass is 616 g/mol. The van der Waals surface area contributed by atoms with Crippen molar-refractivity contribution in [3.63, 3.8) is 0 Å². The van der Waals surface area contributed by atoms with Crippen LogP contribution in [0.4, 0.5) is 0 Å². The second kappa shape index (κ2) is 29.7. The number of rotatable bonds is 12. The van der Waals surface area contributed by atoms with Crippen molar-refractivity contribution in [2.24, 2.45) is 0 Å². The molecule has 0 aliphatic rings. The lowest BCUT2D eigenvalue weighted by Gasteiger charge is -2.11. The lowest BCUT2D eigenvalue weighted by atomic mass is 10.3. The zero-order valence-electron chi connectivity index (χ0n) is 17.4. The van der Waals surface area contributed by atoms with Crippen molar-refractivity contribution < 1.29 is 40.9 Å². The lowest BCUT2D eigenvalue weighted by Crippen LogP contribution is -2.28. The number of hydrogen-bond donors (Lipinski definition) is 16. The number of aliphatic hydroxyl groups excluding tert-OH is 8. The predicted octanol–water partition coefficient (Wildman–Crippen LogP) is -1.73. The van der Waals surface area contributed by atoms with Crippen LogP contribution in [0.5, 0.6) is 0 Å². The third-order valence-electron chi connectivity index (χ3n) is 3.27. The highest BCUT2D eigenvalue weighted by Gasteiger charge is 2.12. The van der Waals surface area contributed by atoms with Gasteiger partial charge in [0.15, 0.2) is 0 Å². The van der Waals surface area contributed by atoms with Crippen LogP contribution < -0.4 is 0 Å². The molecule has 0 saturated heterocycles. The summed E-state index contributed by atoms with van der Waals surface area (Å²) < 4.78 is 0. The predicted molar refractivity (Wildman–Crippen MR) is 159 cm³/mol. The standard InChI is InChI=1S/4C4H10O2S2/c4*5-3(1-7)4(6)2-8/h4*3-8H,1-2H2. The first kappa shape index (κ1) is 41.6. The molecule has 8 unspecified atom stereocenters. The minimum absolute atomic E-state index is 0.279. The van der Waals surface area contributed by atoms with Crippen LogP contribution in [0.3, 0.4) is 0 Å². The summed E-state index contributed by atoms with van der Waals surface area (Å²) in [5, 5.41) is 70.0. The van der Waals surface area contributed by atoms with Crippen molar-refractivity contribution >= 4 is 101 Å². The molecular formula is C16H40O8S8. The van der Waals surface area contributed by atoms with Gasteiger partial charge in [0.05, 0.1) is 48.8 Å². The van der Waals surface area contributed by atoms with Gasteiger partial charge < -0.3 is 40.9 Å². The molecule has 0 aromatic rings. The molecule has 0 amide bonds. The second-order valence-corrected chi connectivity index (χ2v) is 8.92. The Morgan fingerprint density at radius 3 is 0.344 bits per heavy atom. The maximum atomic E-state index is 8.75. The number of hydrogen-bond acceptors (Lipinski definition) is 16. The largest absolute Gasteiger partial charge is 0.390 e. The molecule has 8 atom stereocenters. The Morgan fingerprint density at radius 2 is 0.312 bits per heavy atom. The van der Waals surface area contributed by atoms with Crippen LogP contribution in [0, 0.1) is 0 Å². The smallest absolute Gasteiger partial charge is 0.0894 e. The van der Waals surface area contributed by atoms with Crippen molar-refractivity contribution in [1.29, 1.82) is 0 Å². The third kappa shape index (κ3) is 27.1. The molecule has 8 N–H and O–H groups in total. The molecule has 0 spiro atoms. The van der Waals surface area contributed by atoms with E-state index in [1.807, 2.05) is 0 Å². The summed E-state index contributed by atoms with van der Waals surface area (Å²) in [4.78, 5) is 0. The fourth-order valence-electron chi connectivity index (χ4n) is 0.973. The first-order chi connectivity index (χ1) is 14.9. The van der Waals surface area contributed by atoms with E-state index in [4.69, 9.17) is 40.9 Å². The fourth-order valence-corrected chi connectivity index (χ4v) is 2.92. The quantitative estimate of drug-likeness (QED) is 0.115. The summed E-state index contributed by atoms with van der Waals surface area (Å²) in [7, 11) is 0. The van der Waals surface area contributed by atoms with E-state index in [-0.39, 0.29) is 46.0 Å². The van der Waals surface area contributed by atoms with E-state index in [9.17, 15) is 0 Å². The highest BCUT2D eigenvalue weighted by atomic mass is 32.1. The summed E-state index contributed by atoms with van der Waals surface area (Å²) in [5.74, 6) is 2.24. The molecule has 0 aromatic heterocycles. The van der Waals surface area contributed by atoms with E-state index >= 15 is 0 Å². The van der Waals surface area contributed by atoms with E-state index in [1.54, 1.807) is 0 Å². The molecule has 16 heteroatoms. The summed E-state index contributed by atoms with van der Waals surface area (Å²) in [6, 6.07) is 0. The van der Waals surface area contributed by atoms with Gasteiger partial charge in [-0.25, -0.2) is 0 Å². The van der Waals surface area contributed by atoms with Crippen LogP contribution >= 0.6 is 101 Å². The van der Waals surface area contributed by atoms with E-state index in [0.29, 0.717) is 0 Å². The van der Waals surface area contributed by atoms with Gasteiger partial charge in [-0.05, 0) is 0 Å². The molecule has 0 heterocycles. The molecule has 0 rings (SSSR count). The van der Waals surface area contributed by atoms with Gasteiger partial charge in [-0.2, -0.15) is 101 Å². The lowest BCUT2D eigenvalue weighted by molar-refractivity contribution is 0.0504. The molecule has 0 bridgehead atoms. The van der Waals surface area contributed by atoms with Gasteiger partial charge in [0, 0.05) is 46.0 Å². The summed E-state index contributed by atoms with van der Waals surface area (Å²) in [6.07, 6.45) is -5.92. The molecular weight excluding hydrogens is 577 g/mol. The normalized spacial score (nSPS) is 18.0.